The van der Waals surface area contributed by atoms with Crippen LogP contribution >= 0.6 is 0 Å². The summed E-state index contributed by atoms with van der Waals surface area (Å²) < 4.78 is 0. The van der Waals surface area contributed by atoms with E-state index in [-0.39, 0.29) is 17.5 Å². The van der Waals surface area contributed by atoms with Gasteiger partial charge in [0.05, 0.1) is 0 Å². The Labute approximate surface area is 341 Å². The maximum Gasteiger partial charge on any atom is 0.241 e. The molecule has 0 aromatic heterocycles. The zero-order valence-corrected chi connectivity index (χ0v) is 34.6. The van der Waals surface area contributed by atoms with Crippen molar-refractivity contribution in [1.82, 2.24) is 0 Å². The lowest BCUT2D eigenvalue weighted by molar-refractivity contribution is 0.652. The SMILES string of the molecule is C/C=C\C=C/C/C=C/C=C(\C=C/C)B(c1ccc(-c2ccc(-c3ccccc3)cc2)cc1)c1ccc2c(c1)C(C)(C)c1cc3c(cc1-2)C(C)(C)c1cc(C)ccc1-3. The quantitative estimate of drug-likeness (QED) is 0.0970. The summed E-state index contributed by atoms with van der Waals surface area (Å²) in [4.78, 5) is 0. The van der Waals surface area contributed by atoms with E-state index >= 15 is 0 Å². The molecule has 2 aliphatic carbocycles. The monoisotopic (exact) mass is 736 g/mol. The van der Waals surface area contributed by atoms with Crippen molar-refractivity contribution in [3.05, 3.63) is 215 Å². The second-order valence-electron chi connectivity index (χ2n) is 16.8. The molecule has 0 amide bonds. The van der Waals surface area contributed by atoms with E-state index in [9.17, 15) is 0 Å². The van der Waals surface area contributed by atoms with E-state index in [1.807, 2.05) is 6.92 Å². The molecule has 8 rings (SSSR count). The van der Waals surface area contributed by atoms with Crippen molar-refractivity contribution in [2.24, 2.45) is 0 Å². The van der Waals surface area contributed by atoms with Crippen LogP contribution in [0.3, 0.4) is 0 Å². The minimum Gasteiger partial charge on any atom is -0.0882 e. The first-order chi connectivity index (χ1) is 27.6. The smallest absolute Gasteiger partial charge is 0.0882 e. The Morgan fingerprint density at radius 2 is 1.00 bits per heavy atom. The molecule has 0 heterocycles. The van der Waals surface area contributed by atoms with Crippen LogP contribution in [0.25, 0.3) is 44.5 Å². The number of hydrogen-bond acceptors (Lipinski definition) is 0. The molecule has 1 heteroatoms. The molecular weight excluding hydrogens is 683 g/mol. The number of fused-ring (bicyclic) bond motifs is 6. The van der Waals surface area contributed by atoms with Crippen LogP contribution in [0.5, 0.6) is 0 Å². The summed E-state index contributed by atoms with van der Waals surface area (Å²) in [6.07, 6.45) is 20.6. The van der Waals surface area contributed by atoms with Gasteiger partial charge in [0, 0.05) is 10.8 Å². The van der Waals surface area contributed by atoms with E-state index < -0.39 is 0 Å². The summed E-state index contributed by atoms with van der Waals surface area (Å²) in [7, 11) is 0. The molecule has 6 aromatic rings. The molecule has 57 heavy (non-hydrogen) atoms. The van der Waals surface area contributed by atoms with Crippen LogP contribution in [0.2, 0.25) is 0 Å². The molecule has 280 valence electrons. The standard InChI is InChI=1S/C56H53B/c1-8-10-11-12-13-14-18-22-44(19-9-2)57(45-30-28-43(29-31-45)42-26-24-41(25-27-42)40-20-16-15-17-21-40)46-32-34-48-50-38-53-49(37-54(50)56(6,7)52(48)36-46)47-33-23-39(3)35-51(47)55(53,4)5/h8-12,14-38H,13H2,1-7H3/b10-8-,12-11-,18-14+,19-9-,44-22+. The summed E-state index contributed by atoms with van der Waals surface area (Å²) >= 11 is 0. The third-order valence-corrected chi connectivity index (χ3v) is 12.4. The average molecular weight is 737 g/mol. The normalized spacial score (nSPS) is 15.1. The lowest BCUT2D eigenvalue weighted by Gasteiger charge is -2.25. The van der Waals surface area contributed by atoms with Crippen molar-refractivity contribution in [3.63, 3.8) is 0 Å². The largest absolute Gasteiger partial charge is 0.241 e. The summed E-state index contributed by atoms with van der Waals surface area (Å²) in [5, 5.41) is 0. The highest BCUT2D eigenvalue weighted by molar-refractivity contribution is 6.91. The molecular formula is C56H53B. The molecule has 0 saturated carbocycles. The summed E-state index contributed by atoms with van der Waals surface area (Å²) in [5.41, 5.74) is 21.2. The number of rotatable bonds is 10. The van der Waals surface area contributed by atoms with Crippen LogP contribution in [-0.2, 0) is 10.8 Å². The molecule has 0 radical (unpaired) electrons. The molecule has 0 unspecified atom stereocenters. The fourth-order valence-corrected chi connectivity index (χ4v) is 9.25. The first kappa shape index (κ1) is 38.0. The van der Waals surface area contributed by atoms with Crippen LogP contribution in [0.4, 0.5) is 0 Å². The van der Waals surface area contributed by atoms with E-state index in [4.69, 9.17) is 0 Å². The van der Waals surface area contributed by atoms with Crippen LogP contribution in [0.1, 0.15) is 75.8 Å². The maximum absolute atomic E-state index is 2.52. The molecule has 0 N–H and O–H groups in total. The van der Waals surface area contributed by atoms with Crippen molar-refractivity contribution in [2.45, 2.75) is 65.7 Å². The molecule has 0 spiro atoms. The maximum atomic E-state index is 2.52. The molecule has 0 aliphatic heterocycles. The first-order valence-corrected chi connectivity index (χ1v) is 20.6. The number of hydrogen-bond donors (Lipinski definition) is 0. The van der Waals surface area contributed by atoms with Gasteiger partial charge in [0.1, 0.15) is 0 Å². The van der Waals surface area contributed by atoms with Gasteiger partial charge in [-0.25, -0.2) is 0 Å². The number of allylic oxidation sites excluding steroid dienone is 10. The predicted octanol–water partition coefficient (Wildman–Crippen LogP) is 13.7. The second kappa shape index (κ2) is 15.6. The molecule has 0 nitrogen and oxygen atoms in total. The van der Waals surface area contributed by atoms with Gasteiger partial charge in [-0.3, -0.25) is 0 Å². The minimum absolute atomic E-state index is 0.0397. The Balaban J connectivity index is 1.19. The molecule has 0 atom stereocenters. The lowest BCUT2D eigenvalue weighted by atomic mass is 9.36. The molecule has 6 aromatic carbocycles. The Morgan fingerprint density at radius 1 is 0.491 bits per heavy atom. The van der Waals surface area contributed by atoms with Gasteiger partial charge in [-0.05, 0) is 106 Å². The predicted molar refractivity (Wildman–Crippen MR) is 249 cm³/mol. The Hall–Kier alpha value is -5.92. The molecule has 2 aliphatic rings. The first-order valence-electron chi connectivity index (χ1n) is 20.6. The summed E-state index contributed by atoms with van der Waals surface area (Å²) in [6.45, 7) is 16.1. The lowest BCUT2D eigenvalue weighted by Crippen LogP contribution is -2.44. The molecule has 0 fully saturated rings. The Kier molecular flexibility index (Phi) is 10.4. The van der Waals surface area contributed by atoms with E-state index in [0.717, 1.165) is 6.42 Å². The highest BCUT2D eigenvalue weighted by Gasteiger charge is 2.42. The Morgan fingerprint density at radius 3 is 1.60 bits per heavy atom. The van der Waals surface area contributed by atoms with Crippen LogP contribution in [0.15, 0.2) is 188 Å². The second-order valence-corrected chi connectivity index (χ2v) is 16.8. The highest BCUT2D eigenvalue weighted by atomic mass is 14.4. The van der Waals surface area contributed by atoms with Crippen molar-refractivity contribution >= 4 is 17.6 Å². The number of benzene rings is 6. The van der Waals surface area contributed by atoms with Crippen LogP contribution in [-0.4, -0.2) is 6.71 Å². The fraction of sp³-hybridized carbons (Fsp3) is 0.179. The summed E-state index contributed by atoms with van der Waals surface area (Å²) in [6, 6.07) is 48.2. The van der Waals surface area contributed by atoms with Gasteiger partial charge in [-0.2, -0.15) is 0 Å². The number of aryl methyl sites for hydroxylation is 1. The van der Waals surface area contributed by atoms with Gasteiger partial charge >= 0.3 is 0 Å². The fourth-order valence-electron chi connectivity index (χ4n) is 9.25. The zero-order chi connectivity index (χ0) is 39.7. The van der Waals surface area contributed by atoms with Gasteiger partial charge in [-0.15, -0.1) is 0 Å². The van der Waals surface area contributed by atoms with E-state index in [1.165, 1.54) is 88.7 Å². The van der Waals surface area contributed by atoms with Crippen molar-refractivity contribution < 1.29 is 0 Å². The third kappa shape index (κ3) is 7.06. The minimum atomic E-state index is -0.142. The van der Waals surface area contributed by atoms with E-state index in [1.54, 1.807) is 0 Å². The average Bonchev–Trinajstić information content (AvgIpc) is 3.58. The van der Waals surface area contributed by atoms with Gasteiger partial charge in [0.15, 0.2) is 0 Å². The summed E-state index contributed by atoms with van der Waals surface area (Å²) in [5.74, 6) is 0. The van der Waals surface area contributed by atoms with Crippen molar-refractivity contribution in [1.29, 1.82) is 0 Å². The van der Waals surface area contributed by atoms with Gasteiger partial charge in [-0.1, -0.05) is 220 Å². The topological polar surface area (TPSA) is 0 Å². The van der Waals surface area contributed by atoms with Gasteiger partial charge in [0.25, 0.3) is 0 Å². The van der Waals surface area contributed by atoms with Gasteiger partial charge in [0.2, 0.25) is 6.71 Å². The van der Waals surface area contributed by atoms with Gasteiger partial charge < -0.3 is 0 Å². The highest BCUT2D eigenvalue weighted by Crippen LogP contribution is 2.56. The third-order valence-electron chi connectivity index (χ3n) is 12.4. The van der Waals surface area contributed by atoms with Crippen LogP contribution < -0.4 is 10.9 Å². The van der Waals surface area contributed by atoms with E-state index in [2.05, 4.69) is 224 Å². The van der Waals surface area contributed by atoms with E-state index in [0.29, 0.717) is 0 Å². The van der Waals surface area contributed by atoms with Crippen LogP contribution in [0, 0.1) is 6.92 Å². The molecule has 0 saturated heterocycles. The Bertz CT molecular complexity index is 2590. The van der Waals surface area contributed by atoms with Crippen molar-refractivity contribution in [2.75, 3.05) is 0 Å². The zero-order valence-electron chi connectivity index (χ0n) is 34.6. The van der Waals surface area contributed by atoms with Crippen molar-refractivity contribution in [3.8, 4) is 44.5 Å². The molecule has 0 bridgehead atoms.